The Bertz CT molecular complexity index is 285. The van der Waals surface area contributed by atoms with Gasteiger partial charge in [0.05, 0.1) is 6.07 Å². The minimum absolute atomic E-state index is 0.0169. The Labute approximate surface area is 89.7 Å². The number of rotatable bonds is 4. The van der Waals surface area contributed by atoms with Crippen molar-refractivity contribution in [2.24, 2.45) is 5.92 Å². The summed E-state index contributed by atoms with van der Waals surface area (Å²) in [6.45, 7) is 0. The van der Waals surface area contributed by atoms with Crippen LogP contribution in [0.15, 0.2) is 0 Å². The molecule has 0 spiro atoms. The lowest BCUT2D eigenvalue weighted by Crippen LogP contribution is -2.36. The second-order valence-electron chi connectivity index (χ2n) is 3.96. The van der Waals surface area contributed by atoms with Crippen LogP contribution in [0.3, 0.4) is 0 Å². The van der Waals surface area contributed by atoms with Crippen LogP contribution in [0, 0.1) is 22.7 Å². The molecule has 0 aromatic carbocycles. The van der Waals surface area contributed by atoms with Crippen molar-refractivity contribution >= 4 is 12.0 Å². The lowest BCUT2D eigenvalue weighted by molar-refractivity contribution is -0.124. The average molecular weight is 208 g/mol. The first-order valence-corrected chi connectivity index (χ1v) is 5.15. The van der Waals surface area contributed by atoms with Gasteiger partial charge in [-0.1, -0.05) is 0 Å². The largest absolute Gasteiger partial charge is 0.363 e. The molecule has 0 amide bonds. The maximum atomic E-state index is 11.5. The van der Waals surface area contributed by atoms with Crippen LogP contribution in [-0.2, 0) is 9.53 Å². The van der Waals surface area contributed by atoms with E-state index in [2.05, 4.69) is 6.07 Å². The van der Waals surface area contributed by atoms with Gasteiger partial charge in [-0.25, -0.2) is 0 Å². The number of ether oxygens (including phenoxy) is 1. The molecular weight excluding hydrogens is 192 g/mol. The van der Waals surface area contributed by atoms with Gasteiger partial charge in [-0.05, 0) is 25.7 Å². The van der Waals surface area contributed by atoms with E-state index in [1.54, 1.807) is 7.11 Å². The molecule has 4 nitrogen and oxygen atoms in total. The first-order valence-electron chi connectivity index (χ1n) is 5.15. The number of hydrogen-bond donors (Lipinski definition) is 1. The number of carbonyl (C=O) groups is 1. The number of hydrogen-bond acceptors (Lipinski definition) is 4. The Morgan fingerprint density at radius 3 is 2.67 bits per heavy atom. The normalized spacial score (nSPS) is 30.5. The van der Waals surface area contributed by atoms with Crippen LogP contribution in [0.4, 0.5) is 0 Å². The highest BCUT2D eigenvalue weighted by atomic mass is 16.5. The third-order valence-corrected chi connectivity index (χ3v) is 3.15. The maximum absolute atomic E-state index is 11.5. The molecule has 0 saturated heterocycles. The monoisotopic (exact) mass is 208 g/mol. The van der Waals surface area contributed by atoms with Gasteiger partial charge < -0.3 is 10.1 Å². The van der Waals surface area contributed by atoms with Crippen molar-refractivity contribution in [3.8, 4) is 6.07 Å². The zero-order valence-corrected chi connectivity index (χ0v) is 8.95. The molecule has 0 aromatic rings. The van der Waals surface area contributed by atoms with Gasteiger partial charge in [-0.15, -0.1) is 0 Å². The van der Waals surface area contributed by atoms with E-state index >= 15 is 0 Å². The lowest BCUT2D eigenvalue weighted by atomic mass is 9.77. The number of ketones is 1. The van der Waals surface area contributed by atoms with E-state index in [4.69, 9.17) is 15.4 Å². The lowest BCUT2D eigenvalue weighted by Gasteiger charge is -2.32. The van der Waals surface area contributed by atoms with E-state index in [0.29, 0.717) is 25.7 Å². The van der Waals surface area contributed by atoms with Crippen LogP contribution in [0.5, 0.6) is 0 Å². The van der Waals surface area contributed by atoms with Gasteiger partial charge in [0.2, 0.25) is 0 Å². The number of nitrogens with zero attached hydrogens (tertiary/aromatic N) is 1. The summed E-state index contributed by atoms with van der Waals surface area (Å²) in [7, 11) is 1.54. The zero-order valence-electron chi connectivity index (χ0n) is 8.95. The summed E-state index contributed by atoms with van der Waals surface area (Å²) in [5.41, 5.74) is -0.679. The van der Waals surface area contributed by atoms with Crippen molar-refractivity contribution in [2.75, 3.05) is 7.11 Å². The third-order valence-electron chi connectivity index (χ3n) is 3.15. The number of methoxy groups -OCH3 is 1. The second kappa shape index (κ2) is 5.04. The SMILES string of the molecule is COC1(C#N)CCC(C(=O)CC=N)CC1. The van der Waals surface area contributed by atoms with E-state index in [1.807, 2.05) is 0 Å². The predicted molar refractivity (Wildman–Crippen MR) is 55.7 cm³/mol. The van der Waals surface area contributed by atoms with E-state index in [-0.39, 0.29) is 18.1 Å². The number of carbonyl (C=O) groups excluding carboxylic acids is 1. The Kier molecular flexibility index (Phi) is 3.98. The molecule has 0 aromatic heterocycles. The van der Waals surface area contributed by atoms with Crippen LogP contribution < -0.4 is 0 Å². The molecule has 0 atom stereocenters. The smallest absolute Gasteiger partial charge is 0.153 e. The molecule has 1 aliphatic carbocycles. The highest BCUT2D eigenvalue weighted by Gasteiger charge is 2.37. The molecule has 1 fully saturated rings. The molecule has 1 aliphatic rings. The summed E-state index contributed by atoms with van der Waals surface area (Å²) >= 11 is 0. The third kappa shape index (κ3) is 2.63. The fourth-order valence-electron chi connectivity index (χ4n) is 2.03. The van der Waals surface area contributed by atoms with Crippen LogP contribution >= 0.6 is 0 Å². The van der Waals surface area contributed by atoms with Crippen LogP contribution in [0.1, 0.15) is 32.1 Å². The molecule has 4 heteroatoms. The van der Waals surface area contributed by atoms with Crippen molar-refractivity contribution in [2.45, 2.75) is 37.7 Å². The van der Waals surface area contributed by atoms with E-state index in [1.165, 1.54) is 0 Å². The van der Waals surface area contributed by atoms with Crippen LogP contribution in [0.2, 0.25) is 0 Å². The molecule has 15 heavy (non-hydrogen) atoms. The highest BCUT2D eigenvalue weighted by Crippen LogP contribution is 2.34. The standard InChI is InChI=1S/C11H16N2O2/c1-15-11(8-13)5-2-9(3-6-11)10(14)4-7-12/h7,9,12H,2-6H2,1H3. The average Bonchev–Trinajstić information content (AvgIpc) is 2.29. The zero-order chi connectivity index (χ0) is 11.3. The topological polar surface area (TPSA) is 73.9 Å². The first kappa shape index (κ1) is 11.9. The molecular formula is C11H16N2O2. The summed E-state index contributed by atoms with van der Waals surface area (Å²) in [5, 5.41) is 15.9. The van der Waals surface area contributed by atoms with Crippen molar-refractivity contribution in [3.63, 3.8) is 0 Å². The summed E-state index contributed by atoms with van der Waals surface area (Å²) in [6, 6.07) is 2.18. The van der Waals surface area contributed by atoms with Gasteiger partial charge >= 0.3 is 0 Å². The molecule has 0 bridgehead atoms. The fraction of sp³-hybridized carbons (Fsp3) is 0.727. The number of Topliss-reactive ketones (excluding diaryl/α,β-unsaturated/α-hetero) is 1. The van der Waals surface area contributed by atoms with E-state index in [9.17, 15) is 4.79 Å². The molecule has 82 valence electrons. The van der Waals surface area contributed by atoms with Crippen molar-refractivity contribution < 1.29 is 9.53 Å². The fourth-order valence-corrected chi connectivity index (χ4v) is 2.03. The van der Waals surface area contributed by atoms with Gasteiger partial charge in [0.1, 0.15) is 5.78 Å². The number of nitriles is 1. The molecule has 0 unspecified atom stereocenters. The van der Waals surface area contributed by atoms with Gasteiger partial charge in [0.25, 0.3) is 0 Å². The first-order chi connectivity index (χ1) is 7.17. The van der Waals surface area contributed by atoms with Crippen molar-refractivity contribution in [1.29, 1.82) is 10.7 Å². The molecule has 0 heterocycles. The summed E-state index contributed by atoms with van der Waals surface area (Å²) in [4.78, 5) is 11.5. The summed E-state index contributed by atoms with van der Waals surface area (Å²) in [5.74, 6) is 0.135. The molecule has 1 rings (SSSR count). The number of nitrogens with one attached hydrogen (secondary N) is 1. The minimum atomic E-state index is -0.679. The molecule has 1 N–H and O–H groups in total. The van der Waals surface area contributed by atoms with E-state index in [0.717, 1.165) is 6.21 Å². The van der Waals surface area contributed by atoms with Crippen molar-refractivity contribution in [3.05, 3.63) is 0 Å². The van der Waals surface area contributed by atoms with Gasteiger partial charge in [-0.3, -0.25) is 4.79 Å². The second-order valence-corrected chi connectivity index (χ2v) is 3.96. The molecule has 0 aliphatic heterocycles. The molecule has 0 radical (unpaired) electrons. The molecule has 1 saturated carbocycles. The summed E-state index contributed by atoms with van der Waals surface area (Å²) < 4.78 is 5.20. The van der Waals surface area contributed by atoms with Gasteiger partial charge in [-0.2, -0.15) is 5.26 Å². The van der Waals surface area contributed by atoms with Gasteiger partial charge in [0.15, 0.2) is 5.60 Å². The van der Waals surface area contributed by atoms with E-state index < -0.39 is 5.60 Å². The Balaban J connectivity index is 2.52. The Morgan fingerprint density at radius 1 is 1.67 bits per heavy atom. The van der Waals surface area contributed by atoms with Gasteiger partial charge in [0, 0.05) is 25.7 Å². The van der Waals surface area contributed by atoms with Crippen molar-refractivity contribution in [1.82, 2.24) is 0 Å². The van der Waals surface area contributed by atoms with Crippen LogP contribution in [0.25, 0.3) is 0 Å². The van der Waals surface area contributed by atoms with Crippen LogP contribution in [-0.4, -0.2) is 24.7 Å². The Hall–Kier alpha value is -1.21. The maximum Gasteiger partial charge on any atom is 0.153 e. The minimum Gasteiger partial charge on any atom is -0.363 e. The quantitative estimate of drug-likeness (QED) is 0.714. The summed E-state index contributed by atoms with van der Waals surface area (Å²) in [6.07, 6.45) is 4.01. The highest BCUT2D eigenvalue weighted by molar-refractivity contribution is 5.92. The predicted octanol–water partition coefficient (Wildman–Crippen LogP) is 1.69. The Morgan fingerprint density at radius 2 is 2.27 bits per heavy atom.